The van der Waals surface area contributed by atoms with Crippen molar-refractivity contribution < 1.29 is 14.3 Å². The molecule has 0 atom stereocenters. The number of primary amides is 1. The Morgan fingerprint density at radius 2 is 1.71 bits per heavy atom. The first-order chi connectivity index (χ1) is 13.4. The summed E-state index contributed by atoms with van der Waals surface area (Å²) in [5.41, 5.74) is 9.96. The number of carbonyl (C=O) groups excluding carboxylic acids is 1. The van der Waals surface area contributed by atoms with Crippen LogP contribution in [0.2, 0.25) is 5.02 Å². The highest BCUT2D eigenvalue weighted by Gasteiger charge is 2.17. The van der Waals surface area contributed by atoms with E-state index in [0.717, 1.165) is 28.9 Å². The van der Waals surface area contributed by atoms with Crippen molar-refractivity contribution in [1.29, 1.82) is 0 Å². The first-order valence-electron chi connectivity index (χ1n) is 8.91. The number of hydrogen-bond donors (Lipinski definition) is 1. The Morgan fingerprint density at radius 1 is 1.04 bits per heavy atom. The number of carbonyl (C=O) groups is 1. The molecule has 2 N–H and O–H groups in total. The van der Waals surface area contributed by atoms with E-state index in [-0.39, 0.29) is 0 Å². The maximum Gasteiger partial charge on any atom is 0.250 e. The van der Waals surface area contributed by atoms with E-state index in [9.17, 15) is 4.79 Å². The van der Waals surface area contributed by atoms with Crippen LogP contribution in [0.3, 0.4) is 0 Å². The standard InChI is InChI=1S/C22H23ClN2O3/c1-14-18(22(24)26)13-19(16-5-7-17(23)8-6-16)25(14)11-10-15-4-9-20(27-2)21(12-15)28-3/h4-9,12-13H,10-11H2,1-3H3,(H2,24,26). The summed E-state index contributed by atoms with van der Waals surface area (Å²) in [6, 6.07) is 15.3. The monoisotopic (exact) mass is 398 g/mol. The maximum absolute atomic E-state index is 11.9. The van der Waals surface area contributed by atoms with Gasteiger partial charge in [-0.3, -0.25) is 4.79 Å². The molecule has 146 valence electrons. The molecule has 0 aliphatic rings. The molecule has 0 bridgehead atoms. The third-order valence-electron chi connectivity index (χ3n) is 4.84. The predicted molar refractivity (Wildman–Crippen MR) is 111 cm³/mol. The van der Waals surface area contributed by atoms with Crippen molar-refractivity contribution in [2.45, 2.75) is 19.9 Å². The third-order valence-corrected chi connectivity index (χ3v) is 5.10. The van der Waals surface area contributed by atoms with Gasteiger partial charge in [0.2, 0.25) is 0 Å². The summed E-state index contributed by atoms with van der Waals surface area (Å²) < 4.78 is 12.8. The van der Waals surface area contributed by atoms with Crippen molar-refractivity contribution in [3.8, 4) is 22.8 Å². The lowest BCUT2D eigenvalue weighted by Gasteiger charge is -2.14. The number of methoxy groups -OCH3 is 2. The highest BCUT2D eigenvalue weighted by Crippen LogP contribution is 2.30. The van der Waals surface area contributed by atoms with Gasteiger partial charge in [-0.25, -0.2) is 0 Å². The van der Waals surface area contributed by atoms with Crippen molar-refractivity contribution in [3.63, 3.8) is 0 Å². The van der Waals surface area contributed by atoms with Gasteiger partial charge in [0.25, 0.3) is 5.91 Å². The van der Waals surface area contributed by atoms with Crippen LogP contribution in [0.5, 0.6) is 11.5 Å². The Balaban J connectivity index is 1.94. The molecule has 2 aromatic carbocycles. The average Bonchev–Trinajstić information content (AvgIpc) is 3.03. The summed E-state index contributed by atoms with van der Waals surface area (Å²) >= 11 is 6.02. The Morgan fingerprint density at radius 3 is 2.32 bits per heavy atom. The van der Waals surface area contributed by atoms with Gasteiger partial charge in [0.1, 0.15) is 0 Å². The number of nitrogens with two attached hydrogens (primary N) is 1. The van der Waals surface area contributed by atoms with Gasteiger partial charge in [0.15, 0.2) is 11.5 Å². The molecular formula is C22H23ClN2O3. The minimum Gasteiger partial charge on any atom is -0.493 e. The van der Waals surface area contributed by atoms with Crippen LogP contribution in [0.25, 0.3) is 11.3 Å². The highest BCUT2D eigenvalue weighted by molar-refractivity contribution is 6.30. The van der Waals surface area contributed by atoms with E-state index in [1.165, 1.54) is 0 Å². The molecule has 5 nitrogen and oxygen atoms in total. The lowest BCUT2D eigenvalue weighted by molar-refractivity contribution is 0.0999. The second kappa shape index (κ2) is 8.40. The zero-order valence-corrected chi connectivity index (χ0v) is 16.9. The fourth-order valence-corrected chi connectivity index (χ4v) is 3.45. The summed E-state index contributed by atoms with van der Waals surface area (Å²) in [4.78, 5) is 11.9. The number of nitrogens with zero attached hydrogens (tertiary/aromatic N) is 1. The van der Waals surface area contributed by atoms with Crippen molar-refractivity contribution in [2.75, 3.05) is 14.2 Å². The number of aryl methyl sites for hydroxylation is 1. The molecule has 0 saturated heterocycles. The number of benzene rings is 2. The lowest BCUT2D eigenvalue weighted by Crippen LogP contribution is -2.13. The van der Waals surface area contributed by atoms with Crippen LogP contribution < -0.4 is 15.2 Å². The minimum atomic E-state index is -0.433. The predicted octanol–water partition coefficient (Wildman–Crippen LogP) is 4.48. The summed E-state index contributed by atoms with van der Waals surface area (Å²) in [6.45, 7) is 2.60. The zero-order chi connectivity index (χ0) is 20.3. The number of aromatic nitrogens is 1. The zero-order valence-electron chi connectivity index (χ0n) is 16.2. The third kappa shape index (κ3) is 3.99. The van der Waals surface area contributed by atoms with Crippen molar-refractivity contribution in [3.05, 3.63) is 70.4 Å². The Labute approximate surface area is 169 Å². The maximum atomic E-state index is 11.9. The molecule has 1 heterocycles. The van der Waals surface area contributed by atoms with Crippen LogP contribution in [-0.2, 0) is 13.0 Å². The molecule has 0 aliphatic heterocycles. The van der Waals surface area contributed by atoms with Crippen LogP contribution in [0.15, 0.2) is 48.5 Å². The van der Waals surface area contributed by atoms with Gasteiger partial charge in [-0.05, 0) is 54.8 Å². The van der Waals surface area contributed by atoms with E-state index < -0.39 is 5.91 Å². The summed E-state index contributed by atoms with van der Waals surface area (Å²) in [6.07, 6.45) is 0.759. The molecule has 0 fully saturated rings. The van der Waals surface area contributed by atoms with Crippen LogP contribution in [-0.4, -0.2) is 24.7 Å². The van der Waals surface area contributed by atoms with Gasteiger partial charge in [-0.1, -0.05) is 29.8 Å². The SMILES string of the molecule is COc1ccc(CCn2c(-c3ccc(Cl)cc3)cc(C(N)=O)c2C)cc1OC. The minimum absolute atomic E-state index is 0.433. The fraction of sp³-hybridized carbons (Fsp3) is 0.227. The first kappa shape index (κ1) is 19.8. The second-order valence-electron chi connectivity index (χ2n) is 6.49. The Hall–Kier alpha value is -2.92. The first-order valence-corrected chi connectivity index (χ1v) is 9.29. The van der Waals surface area contributed by atoms with Gasteiger partial charge in [-0.15, -0.1) is 0 Å². The Bertz CT molecular complexity index is 994. The highest BCUT2D eigenvalue weighted by atomic mass is 35.5. The van der Waals surface area contributed by atoms with E-state index in [1.54, 1.807) is 14.2 Å². The molecule has 0 unspecified atom stereocenters. The van der Waals surface area contributed by atoms with Crippen LogP contribution >= 0.6 is 11.6 Å². The molecule has 0 aliphatic carbocycles. The number of halogens is 1. The number of rotatable bonds is 7. The van der Waals surface area contributed by atoms with Crippen LogP contribution in [0.1, 0.15) is 21.6 Å². The molecule has 0 spiro atoms. The average molecular weight is 399 g/mol. The molecule has 6 heteroatoms. The molecule has 0 radical (unpaired) electrons. The van der Waals surface area contributed by atoms with Crippen LogP contribution in [0.4, 0.5) is 0 Å². The van der Waals surface area contributed by atoms with Crippen molar-refractivity contribution in [1.82, 2.24) is 4.57 Å². The molecule has 28 heavy (non-hydrogen) atoms. The van der Waals surface area contributed by atoms with Gasteiger partial charge in [-0.2, -0.15) is 0 Å². The number of hydrogen-bond acceptors (Lipinski definition) is 3. The fourth-order valence-electron chi connectivity index (χ4n) is 3.32. The molecule has 3 rings (SSSR count). The quantitative estimate of drug-likeness (QED) is 0.638. The van der Waals surface area contributed by atoms with Gasteiger partial charge < -0.3 is 19.8 Å². The summed E-state index contributed by atoms with van der Waals surface area (Å²) in [5, 5.41) is 0.666. The Kier molecular flexibility index (Phi) is 5.95. The van der Waals surface area contributed by atoms with E-state index in [1.807, 2.05) is 55.5 Å². The molecular weight excluding hydrogens is 376 g/mol. The normalized spacial score (nSPS) is 10.7. The summed E-state index contributed by atoms with van der Waals surface area (Å²) in [5.74, 6) is 0.957. The van der Waals surface area contributed by atoms with Crippen molar-refractivity contribution in [2.24, 2.45) is 5.73 Å². The van der Waals surface area contributed by atoms with Gasteiger partial charge in [0.05, 0.1) is 19.8 Å². The molecule has 1 amide bonds. The molecule has 3 aromatic rings. The molecule has 0 saturated carbocycles. The van der Waals surface area contributed by atoms with Gasteiger partial charge >= 0.3 is 0 Å². The van der Waals surface area contributed by atoms with E-state index >= 15 is 0 Å². The van der Waals surface area contributed by atoms with E-state index in [2.05, 4.69) is 4.57 Å². The van der Waals surface area contributed by atoms with Crippen molar-refractivity contribution >= 4 is 17.5 Å². The van der Waals surface area contributed by atoms with Crippen LogP contribution in [0, 0.1) is 6.92 Å². The summed E-state index contributed by atoms with van der Waals surface area (Å²) in [7, 11) is 3.24. The van der Waals surface area contributed by atoms with Gasteiger partial charge in [0, 0.05) is 23.0 Å². The number of amides is 1. The smallest absolute Gasteiger partial charge is 0.250 e. The topological polar surface area (TPSA) is 66.5 Å². The van der Waals surface area contributed by atoms with E-state index in [4.69, 9.17) is 26.8 Å². The molecule has 1 aromatic heterocycles. The largest absolute Gasteiger partial charge is 0.493 e. The second-order valence-corrected chi connectivity index (χ2v) is 6.93. The lowest BCUT2D eigenvalue weighted by atomic mass is 10.1. The number of ether oxygens (including phenoxy) is 2. The van der Waals surface area contributed by atoms with E-state index in [0.29, 0.717) is 28.6 Å².